The van der Waals surface area contributed by atoms with E-state index in [9.17, 15) is 26.8 Å². The van der Waals surface area contributed by atoms with Crippen LogP contribution in [0.5, 0.6) is 0 Å². The summed E-state index contributed by atoms with van der Waals surface area (Å²) >= 11 is 0. The van der Waals surface area contributed by atoms with Gasteiger partial charge >= 0.3 is 11.7 Å². The maximum absolute atomic E-state index is 12.2. The van der Waals surface area contributed by atoms with E-state index in [1.54, 1.807) is 0 Å². The first-order chi connectivity index (χ1) is 7.26. The summed E-state index contributed by atoms with van der Waals surface area (Å²) < 4.78 is 46.6. The van der Waals surface area contributed by atoms with E-state index in [1.807, 2.05) is 0 Å². The number of carbonyl (C=O) groups is 2. The predicted molar refractivity (Wildman–Crippen MR) is 46.1 cm³/mol. The minimum Gasteiger partial charge on any atom is -0.480 e. The molecule has 1 atom stereocenters. The molecule has 0 bridgehead atoms. The van der Waals surface area contributed by atoms with Crippen molar-refractivity contribution in [2.24, 2.45) is 0 Å². The van der Waals surface area contributed by atoms with Crippen LogP contribution in [0.3, 0.4) is 0 Å². The van der Waals surface area contributed by atoms with Gasteiger partial charge in [-0.05, 0) is 0 Å². The molecule has 0 saturated carbocycles. The number of aliphatic carboxylic acids is 1. The van der Waals surface area contributed by atoms with Gasteiger partial charge < -0.3 is 10.4 Å². The highest BCUT2D eigenvalue weighted by Gasteiger charge is 2.43. The molecule has 0 aromatic heterocycles. The van der Waals surface area contributed by atoms with Crippen LogP contribution >= 0.6 is 0 Å². The zero-order valence-corrected chi connectivity index (χ0v) is 8.58. The zero-order valence-electron chi connectivity index (χ0n) is 7.76. The number of carboxylic acids is 1. The van der Waals surface area contributed by atoms with Gasteiger partial charge in [0.1, 0.15) is 6.04 Å². The summed E-state index contributed by atoms with van der Waals surface area (Å²) in [4.78, 5) is 21.5. The number of nitrogens with one attached hydrogen (secondary N) is 1. The molecule has 0 aromatic carbocycles. The lowest BCUT2D eigenvalue weighted by Crippen LogP contribution is -2.60. The second kappa shape index (κ2) is 4.29. The summed E-state index contributed by atoms with van der Waals surface area (Å²) in [7, 11) is -5.07. The number of carbonyl (C=O) groups excluding carboxylic acids is 1. The Hall–Kier alpha value is -1.29. The largest absolute Gasteiger partial charge is 0.480 e. The molecule has 0 aromatic rings. The quantitative estimate of drug-likeness (QED) is 0.636. The normalized spacial score (nSPS) is 23.2. The van der Waals surface area contributed by atoms with Crippen molar-refractivity contribution in [2.45, 2.75) is 11.8 Å². The molecule has 1 heterocycles. The Morgan fingerprint density at radius 3 is 2.56 bits per heavy atom. The molecular weight excluding hydrogens is 250 g/mol. The van der Waals surface area contributed by atoms with Crippen LogP contribution < -0.4 is 5.32 Å². The van der Waals surface area contributed by atoms with Gasteiger partial charge in [-0.15, -0.1) is 0 Å². The first-order valence-corrected chi connectivity index (χ1v) is 5.55. The molecule has 1 aliphatic rings. The van der Waals surface area contributed by atoms with Crippen LogP contribution in [-0.4, -0.2) is 54.6 Å². The second-order valence-corrected chi connectivity index (χ2v) is 4.86. The Kier molecular flexibility index (Phi) is 3.43. The molecule has 1 saturated heterocycles. The number of rotatable bonds is 3. The van der Waals surface area contributed by atoms with Crippen LogP contribution in [0.4, 0.5) is 8.78 Å². The number of hydrogen-bond donors (Lipinski definition) is 2. The zero-order chi connectivity index (χ0) is 12.5. The number of amides is 1. The van der Waals surface area contributed by atoms with Crippen molar-refractivity contribution in [3.05, 3.63) is 0 Å². The van der Waals surface area contributed by atoms with E-state index in [-0.39, 0.29) is 4.31 Å². The lowest BCUT2D eigenvalue weighted by atomic mass is 10.2. The molecule has 1 rings (SSSR count). The van der Waals surface area contributed by atoms with Gasteiger partial charge in [0.25, 0.3) is 10.0 Å². The number of alkyl halides is 2. The number of carboxylic acid groups (broad SMARTS) is 1. The van der Waals surface area contributed by atoms with E-state index in [0.717, 1.165) is 0 Å². The summed E-state index contributed by atoms with van der Waals surface area (Å²) in [6, 6.07) is -1.70. The molecule has 0 spiro atoms. The maximum Gasteiger partial charge on any atom is 0.350 e. The molecule has 1 fully saturated rings. The lowest BCUT2D eigenvalue weighted by Gasteiger charge is -2.31. The Morgan fingerprint density at radius 1 is 1.56 bits per heavy atom. The minimum atomic E-state index is -5.07. The molecule has 92 valence electrons. The first kappa shape index (κ1) is 12.8. The molecule has 16 heavy (non-hydrogen) atoms. The molecule has 2 N–H and O–H groups in total. The van der Waals surface area contributed by atoms with Crippen molar-refractivity contribution in [1.82, 2.24) is 9.62 Å². The van der Waals surface area contributed by atoms with Gasteiger partial charge in [0, 0.05) is 6.54 Å². The van der Waals surface area contributed by atoms with E-state index < -0.39 is 46.8 Å². The minimum absolute atomic E-state index is 0.00116. The molecule has 1 aliphatic heterocycles. The van der Waals surface area contributed by atoms with Crippen molar-refractivity contribution in [1.29, 1.82) is 0 Å². The smallest absolute Gasteiger partial charge is 0.350 e. The third-order valence-corrected chi connectivity index (χ3v) is 3.46. The summed E-state index contributed by atoms with van der Waals surface area (Å²) in [6.45, 7) is -1.44. The van der Waals surface area contributed by atoms with Crippen LogP contribution in [0.1, 0.15) is 0 Å². The number of hydrogen-bond acceptors (Lipinski definition) is 4. The third-order valence-electron chi connectivity index (χ3n) is 1.98. The molecule has 7 nitrogen and oxygen atoms in total. The Morgan fingerprint density at radius 2 is 2.12 bits per heavy atom. The van der Waals surface area contributed by atoms with E-state index in [4.69, 9.17) is 5.11 Å². The molecular formula is C6H8F2N2O5S. The molecule has 1 amide bonds. The van der Waals surface area contributed by atoms with Crippen molar-refractivity contribution in [3.63, 3.8) is 0 Å². The summed E-state index contributed by atoms with van der Waals surface area (Å²) in [5.74, 6) is -6.16. The molecule has 1 unspecified atom stereocenters. The Balaban J connectivity index is 3.05. The molecule has 0 radical (unpaired) electrons. The maximum atomic E-state index is 12.2. The van der Waals surface area contributed by atoms with Crippen molar-refractivity contribution in [2.75, 3.05) is 13.1 Å². The number of nitrogens with zero attached hydrogens (tertiary/aromatic N) is 1. The average molecular weight is 258 g/mol. The van der Waals surface area contributed by atoms with Gasteiger partial charge in [0.05, 0.1) is 6.54 Å². The van der Waals surface area contributed by atoms with Gasteiger partial charge in [0.2, 0.25) is 5.91 Å². The third kappa shape index (κ3) is 2.27. The molecule has 0 aliphatic carbocycles. The lowest BCUT2D eigenvalue weighted by molar-refractivity contribution is -0.143. The standard InChI is InChI=1S/C6H8F2N2O5S/c7-6(8)16(14,15)10-2-4(11)9-1-3(10)5(12)13/h3,6H,1-2H2,(H,9,11)(H,12,13). The van der Waals surface area contributed by atoms with Crippen molar-refractivity contribution >= 4 is 21.9 Å². The fourth-order valence-electron chi connectivity index (χ4n) is 1.20. The fraction of sp³-hybridized carbons (Fsp3) is 0.667. The number of sulfonamides is 1. The van der Waals surface area contributed by atoms with Crippen molar-refractivity contribution in [3.8, 4) is 0 Å². The van der Waals surface area contributed by atoms with Crippen LogP contribution in [0, 0.1) is 0 Å². The average Bonchev–Trinajstić information content (AvgIpc) is 2.16. The summed E-state index contributed by atoms with van der Waals surface area (Å²) in [5.41, 5.74) is 0. The molecule has 10 heteroatoms. The van der Waals surface area contributed by atoms with Crippen molar-refractivity contribution < 1.29 is 31.9 Å². The van der Waals surface area contributed by atoms with Crippen LogP contribution in [-0.2, 0) is 19.6 Å². The van der Waals surface area contributed by atoms with E-state index >= 15 is 0 Å². The highest BCUT2D eigenvalue weighted by molar-refractivity contribution is 7.89. The number of piperazine rings is 1. The van der Waals surface area contributed by atoms with Crippen LogP contribution in [0.25, 0.3) is 0 Å². The first-order valence-electron chi connectivity index (χ1n) is 4.05. The predicted octanol–water partition coefficient (Wildman–Crippen LogP) is -1.58. The van der Waals surface area contributed by atoms with Gasteiger partial charge in [0.15, 0.2) is 0 Å². The van der Waals surface area contributed by atoms with Gasteiger partial charge in [-0.2, -0.15) is 13.1 Å². The van der Waals surface area contributed by atoms with Crippen LogP contribution in [0.15, 0.2) is 0 Å². The Bertz CT molecular complexity index is 409. The highest BCUT2D eigenvalue weighted by atomic mass is 32.2. The summed E-state index contributed by atoms with van der Waals surface area (Å²) in [6.07, 6.45) is 0. The second-order valence-electron chi connectivity index (χ2n) is 3.01. The topological polar surface area (TPSA) is 104 Å². The Labute approximate surface area is 89.1 Å². The highest BCUT2D eigenvalue weighted by Crippen LogP contribution is 2.17. The summed E-state index contributed by atoms with van der Waals surface area (Å²) in [5, 5.41) is 10.7. The van der Waals surface area contributed by atoms with E-state index in [1.165, 1.54) is 0 Å². The van der Waals surface area contributed by atoms with E-state index in [2.05, 4.69) is 5.32 Å². The number of halogens is 2. The SMILES string of the molecule is O=C1CN(S(=O)(=O)C(F)F)C(C(=O)O)CN1. The van der Waals surface area contributed by atoms with E-state index in [0.29, 0.717) is 0 Å². The van der Waals surface area contributed by atoms with Gasteiger partial charge in [-0.25, -0.2) is 8.42 Å². The van der Waals surface area contributed by atoms with Gasteiger partial charge in [-0.3, -0.25) is 9.59 Å². The van der Waals surface area contributed by atoms with Crippen LogP contribution in [0.2, 0.25) is 0 Å². The van der Waals surface area contributed by atoms with Gasteiger partial charge in [-0.1, -0.05) is 0 Å². The fourth-order valence-corrected chi connectivity index (χ4v) is 2.22. The monoisotopic (exact) mass is 258 g/mol.